The van der Waals surface area contributed by atoms with Crippen LogP contribution in [0.5, 0.6) is 0 Å². The van der Waals surface area contributed by atoms with Gasteiger partial charge in [-0.1, -0.05) is 12.1 Å². The quantitative estimate of drug-likeness (QED) is 0.692. The minimum absolute atomic E-state index is 0.105. The van der Waals surface area contributed by atoms with E-state index in [2.05, 4.69) is 10.3 Å². The predicted octanol–water partition coefficient (Wildman–Crippen LogP) is -0.594. The Balaban J connectivity index is 2.88. The van der Waals surface area contributed by atoms with E-state index in [-0.39, 0.29) is 12.2 Å². The van der Waals surface area contributed by atoms with Gasteiger partial charge in [-0.25, -0.2) is 9.48 Å². The molecule has 7 heteroatoms. The van der Waals surface area contributed by atoms with Crippen LogP contribution in [0, 0.1) is 12.8 Å². The molecular weight excluding hydrogens is 200 g/mol. The Morgan fingerprint density at radius 3 is 2.60 bits per heavy atom. The minimum atomic E-state index is -1.13. The molecule has 0 aromatic carbocycles. The lowest BCUT2D eigenvalue weighted by atomic mass is 10.2. The van der Waals surface area contributed by atoms with Crippen LogP contribution in [0.2, 0.25) is 0 Å². The number of nitrogens with zero attached hydrogens (tertiary/aromatic N) is 3. The van der Waals surface area contributed by atoms with Crippen LogP contribution in [0.3, 0.4) is 0 Å². The van der Waals surface area contributed by atoms with Gasteiger partial charge in [-0.2, -0.15) is 0 Å². The molecule has 1 unspecified atom stereocenters. The zero-order valence-corrected chi connectivity index (χ0v) is 8.47. The van der Waals surface area contributed by atoms with Crippen molar-refractivity contribution in [3.8, 4) is 0 Å². The van der Waals surface area contributed by atoms with Crippen LogP contribution in [0.25, 0.3) is 0 Å². The lowest BCUT2D eigenvalue weighted by molar-refractivity contribution is -0.121. The molecule has 0 fully saturated rings. The maximum absolute atomic E-state index is 10.8. The van der Waals surface area contributed by atoms with Crippen LogP contribution in [-0.4, -0.2) is 32.0 Å². The summed E-state index contributed by atoms with van der Waals surface area (Å²) in [6.07, 6.45) is 0. The summed E-state index contributed by atoms with van der Waals surface area (Å²) in [6.45, 7) is 3.46. The third kappa shape index (κ3) is 2.30. The van der Waals surface area contributed by atoms with Gasteiger partial charge in [-0.3, -0.25) is 4.79 Å². The van der Waals surface area contributed by atoms with Crippen molar-refractivity contribution in [1.29, 1.82) is 0 Å². The average molecular weight is 212 g/mol. The first-order chi connectivity index (χ1) is 6.93. The van der Waals surface area contributed by atoms with Gasteiger partial charge in [0.2, 0.25) is 5.91 Å². The highest BCUT2D eigenvalue weighted by Gasteiger charge is 2.17. The van der Waals surface area contributed by atoms with E-state index in [1.807, 2.05) is 0 Å². The first-order valence-electron chi connectivity index (χ1n) is 4.36. The first-order valence-corrected chi connectivity index (χ1v) is 4.36. The number of carbonyl (C=O) groups excluding carboxylic acids is 1. The standard InChI is InChI=1S/C8H12N4O3/c1-4(7(9)13)3-12-5(2)6(8(14)15)10-11-12/h4H,3H2,1-2H3,(H2,9,13)(H,14,15). The molecule has 0 aliphatic heterocycles. The van der Waals surface area contributed by atoms with Gasteiger partial charge in [0.15, 0.2) is 5.69 Å². The Labute approximate surface area is 85.9 Å². The fraction of sp³-hybridized carbons (Fsp3) is 0.500. The Hall–Kier alpha value is -1.92. The molecule has 7 nitrogen and oxygen atoms in total. The number of amides is 1. The molecule has 0 saturated carbocycles. The number of hydrogen-bond donors (Lipinski definition) is 2. The molecular formula is C8H12N4O3. The molecule has 1 rings (SSSR count). The molecule has 1 heterocycles. The molecule has 1 amide bonds. The Morgan fingerprint density at radius 2 is 2.20 bits per heavy atom. The maximum atomic E-state index is 10.8. The molecule has 0 radical (unpaired) electrons. The van der Waals surface area contributed by atoms with E-state index >= 15 is 0 Å². The average Bonchev–Trinajstić information content (AvgIpc) is 2.48. The monoisotopic (exact) mass is 212 g/mol. The van der Waals surface area contributed by atoms with E-state index in [4.69, 9.17) is 10.8 Å². The zero-order valence-electron chi connectivity index (χ0n) is 8.47. The summed E-state index contributed by atoms with van der Waals surface area (Å²) in [6, 6.07) is 0. The number of carbonyl (C=O) groups is 2. The normalized spacial score (nSPS) is 12.4. The van der Waals surface area contributed by atoms with Crippen molar-refractivity contribution in [2.75, 3.05) is 0 Å². The van der Waals surface area contributed by atoms with Crippen LogP contribution in [-0.2, 0) is 11.3 Å². The summed E-state index contributed by atoms with van der Waals surface area (Å²) >= 11 is 0. The predicted molar refractivity (Wildman–Crippen MR) is 50.1 cm³/mol. The molecule has 1 aromatic heterocycles. The van der Waals surface area contributed by atoms with Gasteiger partial charge in [-0.15, -0.1) is 5.10 Å². The molecule has 0 aliphatic carbocycles. The molecule has 3 N–H and O–H groups in total. The van der Waals surface area contributed by atoms with Gasteiger partial charge in [0.1, 0.15) is 0 Å². The van der Waals surface area contributed by atoms with Crippen LogP contribution in [0.1, 0.15) is 23.1 Å². The van der Waals surface area contributed by atoms with Crippen LogP contribution >= 0.6 is 0 Å². The molecule has 82 valence electrons. The number of primary amides is 1. The van der Waals surface area contributed by atoms with E-state index in [9.17, 15) is 9.59 Å². The number of aromatic nitrogens is 3. The summed E-state index contributed by atoms with van der Waals surface area (Å²) in [4.78, 5) is 21.4. The van der Waals surface area contributed by atoms with Crippen molar-refractivity contribution in [2.45, 2.75) is 20.4 Å². The number of aromatic carboxylic acids is 1. The second-order valence-electron chi connectivity index (χ2n) is 3.31. The molecule has 15 heavy (non-hydrogen) atoms. The molecule has 0 spiro atoms. The number of nitrogens with two attached hydrogens (primary N) is 1. The smallest absolute Gasteiger partial charge is 0.358 e. The van der Waals surface area contributed by atoms with Gasteiger partial charge in [0.25, 0.3) is 0 Å². The Morgan fingerprint density at radius 1 is 1.60 bits per heavy atom. The van der Waals surface area contributed by atoms with Gasteiger partial charge in [0.05, 0.1) is 18.2 Å². The minimum Gasteiger partial charge on any atom is -0.476 e. The molecule has 1 atom stereocenters. The number of hydrogen-bond acceptors (Lipinski definition) is 4. The molecule has 1 aromatic rings. The third-order valence-electron chi connectivity index (χ3n) is 2.12. The highest BCUT2D eigenvalue weighted by Crippen LogP contribution is 2.06. The van der Waals surface area contributed by atoms with Crippen molar-refractivity contribution in [3.05, 3.63) is 11.4 Å². The second-order valence-corrected chi connectivity index (χ2v) is 3.31. The molecule has 0 bridgehead atoms. The van der Waals surface area contributed by atoms with E-state index in [1.165, 1.54) is 4.68 Å². The van der Waals surface area contributed by atoms with Crippen molar-refractivity contribution < 1.29 is 14.7 Å². The summed E-state index contributed by atoms with van der Waals surface area (Å²) in [5.41, 5.74) is 5.39. The topological polar surface area (TPSA) is 111 Å². The third-order valence-corrected chi connectivity index (χ3v) is 2.12. The largest absolute Gasteiger partial charge is 0.476 e. The van der Waals surface area contributed by atoms with Crippen molar-refractivity contribution in [3.63, 3.8) is 0 Å². The summed E-state index contributed by atoms with van der Waals surface area (Å²) < 4.78 is 1.36. The molecule has 0 aliphatic rings. The van der Waals surface area contributed by atoms with Crippen molar-refractivity contribution in [1.82, 2.24) is 15.0 Å². The first kappa shape index (κ1) is 11.2. The summed E-state index contributed by atoms with van der Waals surface area (Å²) in [5, 5.41) is 15.8. The summed E-state index contributed by atoms with van der Waals surface area (Å²) in [7, 11) is 0. The van der Waals surface area contributed by atoms with Crippen molar-refractivity contribution in [2.24, 2.45) is 11.7 Å². The van der Waals surface area contributed by atoms with Crippen molar-refractivity contribution >= 4 is 11.9 Å². The molecule has 0 saturated heterocycles. The van der Waals surface area contributed by atoms with E-state index in [0.717, 1.165) is 0 Å². The van der Waals surface area contributed by atoms with E-state index < -0.39 is 17.8 Å². The van der Waals surface area contributed by atoms with Crippen LogP contribution in [0.4, 0.5) is 0 Å². The fourth-order valence-corrected chi connectivity index (χ4v) is 1.08. The Kier molecular flexibility index (Phi) is 3.03. The zero-order chi connectivity index (χ0) is 11.6. The highest BCUT2D eigenvalue weighted by atomic mass is 16.4. The second kappa shape index (κ2) is 4.07. The number of rotatable bonds is 4. The van der Waals surface area contributed by atoms with E-state index in [0.29, 0.717) is 5.69 Å². The number of carboxylic acids is 1. The Bertz CT molecular complexity index is 399. The van der Waals surface area contributed by atoms with E-state index in [1.54, 1.807) is 13.8 Å². The lowest BCUT2D eigenvalue weighted by Gasteiger charge is -2.07. The highest BCUT2D eigenvalue weighted by molar-refractivity contribution is 5.86. The van der Waals surface area contributed by atoms with Gasteiger partial charge in [0, 0.05) is 0 Å². The van der Waals surface area contributed by atoms with Gasteiger partial charge < -0.3 is 10.8 Å². The maximum Gasteiger partial charge on any atom is 0.358 e. The SMILES string of the molecule is Cc1c(C(=O)O)nnn1CC(C)C(N)=O. The van der Waals surface area contributed by atoms with Gasteiger partial charge >= 0.3 is 5.97 Å². The van der Waals surface area contributed by atoms with Gasteiger partial charge in [-0.05, 0) is 6.92 Å². The van der Waals surface area contributed by atoms with Crippen LogP contribution in [0.15, 0.2) is 0 Å². The fourth-order valence-electron chi connectivity index (χ4n) is 1.08. The lowest BCUT2D eigenvalue weighted by Crippen LogP contribution is -2.25. The summed E-state index contributed by atoms with van der Waals surface area (Å²) in [5.74, 6) is -2.00. The van der Waals surface area contributed by atoms with Crippen LogP contribution < -0.4 is 5.73 Å². The number of carboxylic acid groups (broad SMARTS) is 1.